The lowest BCUT2D eigenvalue weighted by Crippen LogP contribution is -2.37. The molecule has 0 spiro atoms. The van der Waals surface area contributed by atoms with E-state index in [0.717, 1.165) is 34.9 Å². The molecular weight excluding hydrogens is 264 g/mol. The summed E-state index contributed by atoms with van der Waals surface area (Å²) in [4.78, 5) is 13.9. The highest BCUT2D eigenvalue weighted by Gasteiger charge is 2.24. The number of aryl methyl sites for hydroxylation is 3. The molecule has 1 saturated heterocycles. The Morgan fingerprint density at radius 3 is 2.67 bits per heavy atom. The van der Waals surface area contributed by atoms with Gasteiger partial charge in [0.05, 0.1) is 11.1 Å². The molecule has 0 saturated carbocycles. The minimum atomic E-state index is 0.609. The molecule has 3 rings (SSSR count). The highest BCUT2D eigenvalue weighted by molar-refractivity contribution is 5.89. The summed E-state index contributed by atoms with van der Waals surface area (Å²) in [5.41, 5.74) is 1.91. The minimum Gasteiger partial charge on any atom is -0.357 e. The van der Waals surface area contributed by atoms with E-state index in [1.54, 1.807) is 0 Å². The van der Waals surface area contributed by atoms with Gasteiger partial charge in [-0.3, -0.25) is 4.68 Å². The van der Waals surface area contributed by atoms with Crippen LogP contribution >= 0.6 is 0 Å². The van der Waals surface area contributed by atoms with E-state index in [-0.39, 0.29) is 0 Å². The highest BCUT2D eigenvalue weighted by atomic mass is 15.3. The van der Waals surface area contributed by atoms with E-state index >= 15 is 0 Å². The number of likely N-dealkylation sites (tertiary alicyclic amines) is 1. The van der Waals surface area contributed by atoms with Crippen LogP contribution in [-0.4, -0.2) is 57.9 Å². The van der Waals surface area contributed by atoms with Gasteiger partial charge in [0.25, 0.3) is 0 Å². The van der Waals surface area contributed by atoms with Gasteiger partial charge in [0.1, 0.15) is 11.6 Å². The van der Waals surface area contributed by atoms with Crippen molar-refractivity contribution in [2.75, 3.05) is 32.1 Å². The monoisotopic (exact) mass is 288 g/mol. The Balaban J connectivity index is 1.99. The van der Waals surface area contributed by atoms with E-state index in [0.29, 0.717) is 6.04 Å². The van der Waals surface area contributed by atoms with Crippen molar-refractivity contribution >= 4 is 16.9 Å². The zero-order chi connectivity index (χ0) is 15.1. The largest absolute Gasteiger partial charge is 0.357 e. The summed E-state index contributed by atoms with van der Waals surface area (Å²) in [5.74, 6) is 1.80. The number of anilines is 1. The molecule has 6 heteroatoms. The Hall–Kier alpha value is -1.69. The van der Waals surface area contributed by atoms with Crippen LogP contribution in [0.5, 0.6) is 0 Å². The molecule has 0 N–H and O–H groups in total. The van der Waals surface area contributed by atoms with Gasteiger partial charge in [-0.2, -0.15) is 5.10 Å². The molecule has 1 aliphatic heterocycles. The molecule has 114 valence electrons. The van der Waals surface area contributed by atoms with Crippen LogP contribution < -0.4 is 4.90 Å². The van der Waals surface area contributed by atoms with E-state index < -0.39 is 0 Å². The maximum absolute atomic E-state index is 4.69. The minimum absolute atomic E-state index is 0.609. The third kappa shape index (κ3) is 2.48. The van der Waals surface area contributed by atoms with Crippen molar-refractivity contribution in [3.05, 3.63) is 11.5 Å². The third-order valence-electron chi connectivity index (χ3n) is 4.47. The average Bonchev–Trinajstić information content (AvgIpc) is 2.94. The lowest BCUT2D eigenvalue weighted by atomic mass is 10.2. The maximum atomic E-state index is 4.69. The summed E-state index contributed by atoms with van der Waals surface area (Å²) < 4.78 is 1.85. The van der Waals surface area contributed by atoms with Crippen molar-refractivity contribution in [2.24, 2.45) is 7.05 Å². The SMILES string of the molecule is Cc1nc(N(C)CC2CCCN2C)c2c(C)nn(C)c2n1. The maximum Gasteiger partial charge on any atom is 0.163 e. The van der Waals surface area contributed by atoms with Crippen LogP contribution in [0, 0.1) is 13.8 Å². The van der Waals surface area contributed by atoms with Crippen molar-refractivity contribution in [3.63, 3.8) is 0 Å². The van der Waals surface area contributed by atoms with Crippen LogP contribution in [0.25, 0.3) is 11.0 Å². The second-order valence-electron chi connectivity index (χ2n) is 6.16. The van der Waals surface area contributed by atoms with Crippen LogP contribution in [0.15, 0.2) is 0 Å². The lowest BCUT2D eigenvalue weighted by Gasteiger charge is -2.27. The zero-order valence-electron chi connectivity index (χ0n) is 13.6. The van der Waals surface area contributed by atoms with Gasteiger partial charge in [0, 0.05) is 26.7 Å². The Labute approximate surface area is 125 Å². The Bertz CT molecular complexity index is 662. The number of aromatic nitrogens is 4. The number of fused-ring (bicyclic) bond motifs is 1. The first-order chi connectivity index (χ1) is 9.97. The van der Waals surface area contributed by atoms with Crippen molar-refractivity contribution in [1.82, 2.24) is 24.6 Å². The number of rotatable bonds is 3. The molecule has 2 aromatic heterocycles. The molecule has 0 radical (unpaired) electrons. The normalized spacial score (nSPS) is 19.6. The molecule has 0 aliphatic carbocycles. The van der Waals surface area contributed by atoms with Gasteiger partial charge >= 0.3 is 0 Å². The molecule has 3 heterocycles. The second kappa shape index (κ2) is 5.26. The van der Waals surface area contributed by atoms with Crippen LogP contribution in [-0.2, 0) is 7.05 Å². The number of hydrogen-bond acceptors (Lipinski definition) is 5. The van der Waals surface area contributed by atoms with E-state index in [1.165, 1.54) is 19.4 Å². The second-order valence-corrected chi connectivity index (χ2v) is 6.16. The van der Waals surface area contributed by atoms with E-state index in [9.17, 15) is 0 Å². The molecule has 2 aromatic rings. The lowest BCUT2D eigenvalue weighted by molar-refractivity contribution is 0.314. The molecule has 6 nitrogen and oxygen atoms in total. The first kappa shape index (κ1) is 14.3. The van der Waals surface area contributed by atoms with Gasteiger partial charge < -0.3 is 9.80 Å². The molecule has 0 bridgehead atoms. The molecular formula is C15H24N6. The summed E-state index contributed by atoms with van der Waals surface area (Å²) in [6.45, 7) is 6.17. The van der Waals surface area contributed by atoms with Crippen molar-refractivity contribution in [1.29, 1.82) is 0 Å². The van der Waals surface area contributed by atoms with E-state index in [1.807, 2.05) is 25.6 Å². The highest BCUT2D eigenvalue weighted by Crippen LogP contribution is 2.27. The summed E-state index contributed by atoms with van der Waals surface area (Å²) in [7, 11) is 6.28. The Morgan fingerprint density at radius 2 is 2.00 bits per heavy atom. The third-order valence-corrected chi connectivity index (χ3v) is 4.47. The topological polar surface area (TPSA) is 50.1 Å². The first-order valence-corrected chi connectivity index (χ1v) is 7.56. The molecule has 0 amide bonds. The Kier molecular flexibility index (Phi) is 3.57. The van der Waals surface area contributed by atoms with Gasteiger partial charge in [-0.25, -0.2) is 9.97 Å². The quantitative estimate of drug-likeness (QED) is 0.857. The van der Waals surface area contributed by atoms with Crippen LogP contribution in [0.4, 0.5) is 5.82 Å². The summed E-state index contributed by atoms with van der Waals surface area (Å²) >= 11 is 0. The fourth-order valence-electron chi connectivity index (χ4n) is 3.31. The van der Waals surface area contributed by atoms with Crippen molar-refractivity contribution in [2.45, 2.75) is 32.7 Å². The Morgan fingerprint density at radius 1 is 1.24 bits per heavy atom. The predicted molar refractivity (Wildman–Crippen MR) is 84.7 cm³/mol. The van der Waals surface area contributed by atoms with Crippen LogP contribution in [0.3, 0.4) is 0 Å². The molecule has 1 fully saturated rings. The van der Waals surface area contributed by atoms with E-state index in [2.05, 4.69) is 39.0 Å². The molecule has 21 heavy (non-hydrogen) atoms. The zero-order valence-corrected chi connectivity index (χ0v) is 13.6. The fourth-order valence-corrected chi connectivity index (χ4v) is 3.31. The standard InChI is InChI=1S/C15H24N6/c1-10-13-14(16-11(2)17-15(13)21(5)18-10)20(4)9-12-7-6-8-19(12)3/h12H,6-9H2,1-5H3. The summed E-state index contributed by atoms with van der Waals surface area (Å²) in [6, 6.07) is 0.609. The summed E-state index contributed by atoms with van der Waals surface area (Å²) in [5, 5.41) is 5.57. The number of nitrogens with zero attached hydrogens (tertiary/aromatic N) is 6. The molecule has 1 atom stereocenters. The smallest absolute Gasteiger partial charge is 0.163 e. The molecule has 1 unspecified atom stereocenters. The summed E-state index contributed by atoms with van der Waals surface area (Å²) in [6.07, 6.45) is 2.55. The fraction of sp³-hybridized carbons (Fsp3) is 0.667. The van der Waals surface area contributed by atoms with Crippen LogP contribution in [0.1, 0.15) is 24.4 Å². The van der Waals surface area contributed by atoms with Crippen molar-refractivity contribution in [3.8, 4) is 0 Å². The van der Waals surface area contributed by atoms with Crippen molar-refractivity contribution < 1.29 is 0 Å². The van der Waals surface area contributed by atoms with Gasteiger partial charge in [-0.15, -0.1) is 0 Å². The van der Waals surface area contributed by atoms with Crippen LogP contribution in [0.2, 0.25) is 0 Å². The van der Waals surface area contributed by atoms with Gasteiger partial charge in [-0.1, -0.05) is 0 Å². The van der Waals surface area contributed by atoms with Gasteiger partial charge in [0.2, 0.25) is 0 Å². The molecule has 1 aliphatic rings. The molecule has 0 aromatic carbocycles. The number of likely N-dealkylation sites (N-methyl/N-ethyl adjacent to an activating group) is 2. The van der Waals surface area contributed by atoms with Gasteiger partial charge in [-0.05, 0) is 40.3 Å². The average molecular weight is 288 g/mol. The van der Waals surface area contributed by atoms with E-state index in [4.69, 9.17) is 0 Å². The van der Waals surface area contributed by atoms with Gasteiger partial charge in [0.15, 0.2) is 5.65 Å². The number of hydrogen-bond donors (Lipinski definition) is 0. The predicted octanol–water partition coefficient (Wildman–Crippen LogP) is 1.51. The first-order valence-electron chi connectivity index (χ1n) is 7.56.